The molecule has 0 aliphatic rings. The van der Waals surface area contributed by atoms with Crippen molar-refractivity contribution in [3.63, 3.8) is 0 Å². The van der Waals surface area contributed by atoms with Gasteiger partial charge in [0, 0.05) is 6.20 Å². The van der Waals surface area contributed by atoms with E-state index in [9.17, 15) is 0 Å². The first-order chi connectivity index (χ1) is 10.9. The molecule has 3 aromatic heterocycles. The average Bonchev–Trinajstić information content (AvgIpc) is 2.97. The van der Waals surface area contributed by atoms with E-state index in [0.29, 0.717) is 6.54 Å². The van der Waals surface area contributed by atoms with Crippen LogP contribution in [0.15, 0.2) is 48.8 Å². The van der Waals surface area contributed by atoms with Gasteiger partial charge in [0.15, 0.2) is 5.65 Å². The van der Waals surface area contributed by atoms with E-state index < -0.39 is 0 Å². The number of aromatic nitrogens is 4. The zero-order valence-electron chi connectivity index (χ0n) is 12.6. The third kappa shape index (κ3) is 3.31. The van der Waals surface area contributed by atoms with Crippen molar-refractivity contribution in [3.05, 3.63) is 60.2 Å². The molecular formula is C17H19N5. The summed E-state index contributed by atoms with van der Waals surface area (Å²) in [6, 6.07) is 9.78. The molecule has 0 unspecified atom stereocenters. The first kappa shape index (κ1) is 14.3. The normalized spacial score (nSPS) is 11.3. The van der Waals surface area contributed by atoms with Gasteiger partial charge in [-0.25, -0.2) is 9.50 Å². The number of pyridine rings is 1. The summed E-state index contributed by atoms with van der Waals surface area (Å²) in [6.07, 6.45) is 10.1. The fourth-order valence-corrected chi connectivity index (χ4v) is 2.15. The molecule has 0 amide bonds. The third-order valence-electron chi connectivity index (χ3n) is 3.31. The van der Waals surface area contributed by atoms with Gasteiger partial charge in [-0.15, -0.1) is 5.10 Å². The molecule has 3 heterocycles. The van der Waals surface area contributed by atoms with E-state index in [1.165, 1.54) is 0 Å². The molecule has 3 rings (SSSR count). The van der Waals surface area contributed by atoms with Gasteiger partial charge in [0.25, 0.3) is 0 Å². The maximum absolute atomic E-state index is 4.59. The number of imidazole rings is 1. The lowest BCUT2D eigenvalue weighted by molar-refractivity contribution is 0.908. The van der Waals surface area contributed by atoms with Crippen LogP contribution in [0.5, 0.6) is 0 Å². The van der Waals surface area contributed by atoms with Gasteiger partial charge in [-0.2, -0.15) is 0 Å². The first-order valence-corrected chi connectivity index (χ1v) is 7.52. The molecule has 1 N–H and O–H groups in total. The molecule has 0 saturated heterocycles. The molecule has 0 spiro atoms. The zero-order chi connectivity index (χ0) is 15.2. The summed E-state index contributed by atoms with van der Waals surface area (Å²) < 4.78 is 1.85. The van der Waals surface area contributed by atoms with Gasteiger partial charge in [0.05, 0.1) is 24.1 Å². The van der Waals surface area contributed by atoms with Crippen molar-refractivity contribution in [2.45, 2.75) is 26.3 Å². The smallest absolute Gasteiger partial charge is 0.154 e. The number of allylic oxidation sites excluding steroid dienone is 1. The number of fused-ring (bicyclic) bond motifs is 1. The van der Waals surface area contributed by atoms with Gasteiger partial charge in [0.2, 0.25) is 0 Å². The second-order valence-electron chi connectivity index (χ2n) is 5.04. The molecular weight excluding hydrogens is 274 g/mol. The predicted octanol–water partition coefficient (Wildman–Crippen LogP) is 3.55. The number of nitrogens with one attached hydrogen (secondary N) is 1. The molecule has 112 valence electrons. The Hall–Kier alpha value is -2.69. The highest BCUT2D eigenvalue weighted by atomic mass is 15.3. The monoisotopic (exact) mass is 293 g/mol. The lowest BCUT2D eigenvalue weighted by Gasteiger charge is -2.05. The van der Waals surface area contributed by atoms with Crippen LogP contribution in [0.4, 0.5) is 5.82 Å². The summed E-state index contributed by atoms with van der Waals surface area (Å²) in [5.74, 6) is 0.807. The number of hydrogen-bond donors (Lipinski definition) is 1. The van der Waals surface area contributed by atoms with Crippen LogP contribution in [0.25, 0.3) is 11.7 Å². The van der Waals surface area contributed by atoms with Gasteiger partial charge in [0.1, 0.15) is 5.82 Å². The summed E-state index contributed by atoms with van der Waals surface area (Å²) >= 11 is 0. The van der Waals surface area contributed by atoms with Crippen LogP contribution < -0.4 is 5.32 Å². The van der Waals surface area contributed by atoms with E-state index in [1.807, 2.05) is 41.0 Å². The number of rotatable bonds is 6. The zero-order valence-corrected chi connectivity index (χ0v) is 12.6. The Morgan fingerprint density at radius 3 is 2.95 bits per heavy atom. The minimum atomic E-state index is 0.648. The van der Waals surface area contributed by atoms with E-state index in [-0.39, 0.29) is 0 Å². The van der Waals surface area contributed by atoms with Crippen LogP contribution >= 0.6 is 0 Å². The molecule has 5 heteroatoms. The maximum atomic E-state index is 4.59. The summed E-state index contributed by atoms with van der Waals surface area (Å²) in [7, 11) is 0. The van der Waals surface area contributed by atoms with E-state index in [2.05, 4.69) is 39.5 Å². The Morgan fingerprint density at radius 2 is 2.14 bits per heavy atom. The lowest BCUT2D eigenvalue weighted by atomic mass is 10.3. The molecule has 0 bridgehead atoms. The molecule has 0 aliphatic carbocycles. The lowest BCUT2D eigenvalue weighted by Crippen LogP contribution is -2.05. The van der Waals surface area contributed by atoms with Crippen LogP contribution in [0.3, 0.4) is 0 Å². The topological polar surface area (TPSA) is 55.1 Å². The standard InChI is InChI=1S/C17H19N5/c1-2-3-4-8-15-13-20-17-10-9-16(21-22(15)17)19-12-14-7-5-6-11-18-14/h4-11,13H,2-3,12H2,1H3,(H,19,21). The summed E-state index contributed by atoms with van der Waals surface area (Å²) in [5.41, 5.74) is 2.82. The van der Waals surface area contributed by atoms with Gasteiger partial charge in [-0.05, 0) is 36.8 Å². The molecule has 22 heavy (non-hydrogen) atoms. The number of anilines is 1. The Morgan fingerprint density at radius 1 is 1.18 bits per heavy atom. The molecule has 5 nitrogen and oxygen atoms in total. The molecule has 3 aromatic rings. The SMILES string of the molecule is CCCC=Cc1cnc2ccc(NCc3ccccn3)nn12. The highest BCUT2D eigenvalue weighted by Gasteiger charge is 2.03. The van der Waals surface area contributed by atoms with Crippen molar-refractivity contribution in [1.29, 1.82) is 0 Å². The van der Waals surface area contributed by atoms with Crippen molar-refractivity contribution in [3.8, 4) is 0 Å². The van der Waals surface area contributed by atoms with Crippen molar-refractivity contribution in [2.75, 3.05) is 5.32 Å². The van der Waals surface area contributed by atoms with Crippen LogP contribution in [-0.2, 0) is 6.54 Å². The molecule has 0 fully saturated rings. The molecule has 0 atom stereocenters. The van der Waals surface area contributed by atoms with E-state index >= 15 is 0 Å². The number of unbranched alkanes of at least 4 members (excludes halogenated alkanes) is 1. The molecule has 0 saturated carbocycles. The van der Waals surface area contributed by atoms with Crippen molar-refractivity contribution in [1.82, 2.24) is 19.6 Å². The van der Waals surface area contributed by atoms with E-state index in [0.717, 1.165) is 35.7 Å². The Kier molecular flexibility index (Phi) is 4.44. The predicted molar refractivity (Wildman–Crippen MR) is 88.5 cm³/mol. The second kappa shape index (κ2) is 6.85. The summed E-state index contributed by atoms with van der Waals surface area (Å²) in [5, 5.41) is 7.88. The Bertz CT molecular complexity index is 761. The van der Waals surface area contributed by atoms with E-state index in [4.69, 9.17) is 0 Å². The highest BCUT2D eigenvalue weighted by Crippen LogP contribution is 2.11. The Labute approximate surface area is 129 Å². The van der Waals surface area contributed by atoms with Crippen LogP contribution in [0, 0.1) is 0 Å². The largest absolute Gasteiger partial charge is 0.363 e. The first-order valence-electron chi connectivity index (χ1n) is 7.52. The van der Waals surface area contributed by atoms with Crippen molar-refractivity contribution < 1.29 is 0 Å². The Balaban J connectivity index is 1.78. The molecule has 0 aromatic carbocycles. The minimum Gasteiger partial charge on any atom is -0.363 e. The second-order valence-corrected chi connectivity index (χ2v) is 5.04. The fourth-order valence-electron chi connectivity index (χ4n) is 2.15. The van der Waals surface area contributed by atoms with Crippen LogP contribution in [0.2, 0.25) is 0 Å². The highest BCUT2D eigenvalue weighted by molar-refractivity contribution is 5.53. The fraction of sp³-hybridized carbons (Fsp3) is 0.235. The van der Waals surface area contributed by atoms with E-state index in [1.54, 1.807) is 6.20 Å². The van der Waals surface area contributed by atoms with Crippen molar-refractivity contribution >= 4 is 17.5 Å². The maximum Gasteiger partial charge on any atom is 0.154 e. The summed E-state index contributed by atoms with van der Waals surface area (Å²) in [4.78, 5) is 8.66. The molecule has 0 radical (unpaired) electrons. The van der Waals surface area contributed by atoms with Gasteiger partial charge < -0.3 is 5.32 Å². The number of hydrogen-bond acceptors (Lipinski definition) is 4. The van der Waals surface area contributed by atoms with Gasteiger partial charge in [-0.1, -0.05) is 25.5 Å². The number of nitrogens with zero attached hydrogens (tertiary/aromatic N) is 4. The van der Waals surface area contributed by atoms with Crippen LogP contribution in [0.1, 0.15) is 31.2 Å². The van der Waals surface area contributed by atoms with Crippen molar-refractivity contribution in [2.24, 2.45) is 0 Å². The quantitative estimate of drug-likeness (QED) is 0.755. The molecule has 0 aliphatic heterocycles. The minimum absolute atomic E-state index is 0.648. The van der Waals surface area contributed by atoms with Gasteiger partial charge in [-0.3, -0.25) is 4.98 Å². The summed E-state index contributed by atoms with van der Waals surface area (Å²) in [6.45, 7) is 2.81. The third-order valence-corrected chi connectivity index (χ3v) is 3.31. The van der Waals surface area contributed by atoms with Crippen LogP contribution in [-0.4, -0.2) is 19.6 Å². The average molecular weight is 293 g/mol. The van der Waals surface area contributed by atoms with Gasteiger partial charge >= 0.3 is 0 Å².